The van der Waals surface area contributed by atoms with Crippen LogP contribution in [-0.2, 0) is 6.54 Å². The van der Waals surface area contributed by atoms with E-state index in [1.807, 2.05) is 26.0 Å². The fourth-order valence-electron chi connectivity index (χ4n) is 7.01. The summed E-state index contributed by atoms with van der Waals surface area (Å²) in [4.78, 5) is 15.0. The van der Waals surface area contributed by atoms with Crippen LogP contribution in [0.3, 0.4) is 0 Å². The van der Waals surface area contributed by atoms with Gasteiger partial charge in [0.2, 0.25) is 0 Å². The molecule has 0 aliphatic carbocycles. The number of nitrogens with zero attached hydrogens (tertiary/aromatic N) is 4. The Morgan fingerprint density at radius 3 is 2.11 bits per heavy atom. The van der Waals surface area contributed by atoms with Crippen molar-refractivity contribution in [1.82, 2.24) is 14.9 Å². The van der Waals surface area contributed by atoms with Crippen molar-refractivity contribution >= 4 is 39.1 Å². The summed E-state index contributed by atoms with van der Waals surface area (Å²) in [5.74, 6) is 3.60. The Labute approximate surface area is 278 Å². The topological polar surface area (TPSA) is 74.8 Å². The zero-order valence-corrected chi connectivity index (χ0v) is 27.6. The van der Waals surface area contributed by atoms with Gasteiger partial charge < -0.3 is 25.0 Å². The first-order valence-corrected chi connectivity index (χ1v) is 17.3. The number of hydrogen-bond acceptors (Lipinski definition) is 8. The molecule has 2 N–H and O–H groups in total. The molecule has 0 radical (unpaired) electrons. The van der Waals surface area contributed by atoms with E-state index in [4.69, 9.17) is 19.4 Å². The van der Waals surface area contributed by atoms with Gasteiger partial charge in [-0.2, -0.15) is 0 Å². The third-order valence-electron chi connectivity index (χ3n) is 9.43. The molecule has 4 heterocycles. The maximum atomic E-state index is 5.86. The summed E-state index contributed by atoms with van der Waals surface area (Å²) in [6, 6.07) is 30.5. The van der Waals surface area contributed by atoms with Crippen molar-refractivity contribution in [3.05, 3.63) is 90.5 Å². The lowest BCUT2D eigenvalue weighted by atomic mass is 10.0. The van der Waals surface area contributed by atoms with Crippen LogP contribution in [0.25, 0.3) is 21.8 Å². The number of piperidine rings is 2. The molecule has 2 aliphatic rings. The first-order valence-electron chi connectivity index (χ1n) is 17.3. The molecule has 0 unspecified atom stereocenters. The highest BCUT2D eigenvalue weighted by Gasteiger charge is 2.24. The molecule has 244 valence electrons. The van der Waals surface area contributed by atoms with Crippen molar-refractivity contribution in [2.75, 3.05) is 54.9 Å². The van der Waals surface area contributed by atoms with Crippen molar-refractivity contribution in [1.29, 1.82) is 0 Å². The summed E-state index contributed by atoms with van der Waals surface area (Å²) < 4.78 is 11.6. The summed E-state index contributed by atoms with van der Waals surface area (Å²) in [6.45, 7) is 10.3. The number of pyridine rings is 2. The number of rotatable bonds is 11. The molecule has 2 saturated heterocycles. The molecule has 8 heteroatoms. The highest BCUT2D eigenvalue weighted by Crippen LogP contribution is 2.33. The van der Waals surface area contributed by atoms with Gasteiger partial charge >= 0.3 is 0 Å². The molecule has 3 aromatic carbocycles. The number of aromatic nitrogens is 2. The van der Waals surface area contributed by atoms with Crippen molar-refractivity contribution < 1.29 is 9.47 Å². The number of ether oxygens (including phenoxy) is 2. The smallest absolute Gasteiger partial charge is 0.161 e. The van der Waals surface area contributed by atoms with Gasteiger partial charge in [-0.3, -0.25) is 4.90 Å². The fourth-order valence-corrected chi connectivity index (χ4v) is 7.01. The van der Waals surface area contributed by atoms with Crippen LogP contribution < -0.4 is 25.0 Å². The minimum Gasteiger partial charge on any atom is -0.490 e. The second-order valence-corrected chi connectivity index (χ2v) is 12.7. The van der Waals surface area contributed by atoms with Gasteiger partial charge in [-0.1, -0.05) is 42.5 Å². The molecule has 0 spiro atoms. The standard InChI is InChI=1S/C39H46N6O2/c1-3-46-36-15-13-28(25-37(36)47-4-2)27-44-21-17-30(18-22-44)41-39-26-35(32-10-6-8-12-34(32)43-39)45-23-19-31(20-24-45)40-38-16-14-29-9-5-7-11-33(29)42-38/h5-16,25-26,30-31H,3-4,17-24,27H2,1-2H3,(H,40,42)(H,41,43). The lowest BCUT2D eigenvalue weighted by molar-refractivity contribution is 0.210. The van der Waals surface area contributed by atoms with E-state index in [1.165, 1.54) is 22.0 Å². The highest BCUT2D eigenvalue weighted by molar-refractivity contribution is 5.93. The van der Waals surface area contributed by atoms with E-state index in [1.54, 1.807) is 0 Å². The molecular formula is C39H46N6O2. The van der Waals surface area contributed by atoms with Gasteiger partial charge in [0, 0.05) is 67.3 Å². The molecule has 0 atom stereocenters. The predicted molar refractivity (Wildman–Crippen MR) is 193 cm³/mol. The van der Waals surface area contributed by atoms with Crippen LogP contribution in [-0.4, -0.2) is 66.3 Å². The van der Waals surface area contributed by atoms with Gasteiger partial charge in [0.15, 0.2) is 11.5 Å². The highest BCUT2D eigenvalue weighted by atomic mass is 16.5. The van der Waals surface area contributed by atoms with E-state index in [0.29, 0.717) is 25.3 Å². The summed E-state index contributed by atoms with van der Waals surface area (Å²) in [7, 11) is 0. The molecule has 0 bridgehead atoms. The Balaban J connectivity index is 0.970. The van der Waals surface area contributed by atoms with E-state index in [-0.39, 0.29) is 0 Å². The molecule has 0 amide bonds. The lowest BCUT2D eigenvalue weighted by Crippen LogP contribution is -2.40. The quantitative estimate of drug-likeness (QED) is 0.154. The average Bonchev–Trinajstić information content (AvgIpc) is 3.10. The zero-order valence-electron chi connectivity index (χ0n) is 27.6. The number of fused-ring (bicyclic) bond motifs is 2. The number of benzene rings is 3. The second kappa shape index (κ2) is 14.5. The van der Waals surface area contributed by atoms with Crippen LogP contribution in [0.1, 0.15) is 45.1 Å². The molecule has 2 fully saturated rings. The largest absolute Gasteiger partial charge is 0.490 e. The molecule has 47 heavy (non-hydrogen) atoms. The third-order valence-corrected chi connectivity index (χ3v) is 9.43. The number of nitrogens with one attached hydrogen (secondary N) is 2. The number of para-hydroxylation sites is 2. The Kier molecular flexibility index (Phi) is 9.56. The Morgan fingerprint density at radius 1 is 0.660 bits per heavy atom. The van der Waals surface area contributed by atoms with Crippen LogP contribution in [0.15, 0.2) is 84.9 Å². The summed E-state index contributed by atoms with van der Waals surface area (Å²) in [5.41, 5.74) is 4.62. The maximum Gasteiger partial charge on any atom is 0.161 e. The van der Waals surface area contributed by atoms with Crippen LogP contribution in [0.5, 0.6) is 11.5 Å². The number of anilines is 3. The van der Waals surface area contributed by atoms with Gasteiger partial charge in [-0.15, -0.1) is 0 Å². The Hall–Kier alpha value is -4.56. The summed E-state index contributed by atoms with van der Waals surface area (Å²) in [6.07, 6.45) is 4.29. The van der Waals surface area contributed by atoms with Crippen LogP contribution in [0, 0.1) is 0 Å². The van der Waals surface area contributed by atoms with Gasteiger partial charge in [0.25, 0.3) is 0 Å². The molecule has 8 nitrogen and oxygen atoms in total. The second-order valence-electron chi connectivity index (χ2n) is 12.7. The van der Waals surface area contributed by atoms with E-state index in [2.05, 4.69) is 93.2 Å². The van der Waals surface area contributed by atoms with Crippen LogP contribution in [0.4, 0.5) is 17.3 Å². The minimum absolute atomic E-state index is 0.400. The first-order chi connectivity index (χ1) is 23.1. The minimum atomic E-state index is 0.400. The first kappa shape index (κ1) is 31.1. The number of hydrogen-bond donors (Lipinski definition) is 2. The van der Waals surface area contributed by atoms with Gasteiger partial charge in [-0.05, 0) is 81.5 Å². The Morgan fingerprint density at radius 2 is 1.32 bits per heavy atom. The predicted octanol–water partition coefficient (Wildman–Crippen LogP) is 7.74. The van der Waals surface area contributed by atoms with Crippen molar-refractivity contribution in [2.45, 2.75) is 58.2 Å². The molecule has 2 aromatic heterocycles. The SMILES string of the molecule is CCOc1ccc(CN2CCC(Nc3cc(N4CCC(Nc5ccc6ccccc6n5)CC4)c4ccccc4n3)CC2)cc1OCC. The maximum absolute atomic E-state index is 5.86. The van der Waals surface area contributed by atoms with E-state index in [9.17, 15) is 0 Å². The van der Waals surface area contributed by atoms with Gasteiger partial charge in [0.1, 0.15) is 11.6 Å². The van der Waals surface area contributed by atoms with Gasteiger partial charge in [-0.25, -0.2) is 9.97 Å². The van der Waals surface area contributed by atoms with E-state index in [0.717, 1.165) is 92.6 Å². The molecular weight excluding hydrogens is 584 g/mol. The van der Waals surface area contributed by atoms with E-state index < -0.39 is 0 Å². The monoisotopic (exact) mass is 630 g/mol. The van der Waals surface area contributed by atoms with Crippen LogP contribution >= 0.6 is 0 Å². The molecule has 5 aromatic rings. The average molecular weight is 631 g/mol. The molecule has 7 rings (SSSR count). The molecule has 2 aliphatic heterocycles. The van der Waals surface area contributed by atoms with Crippen molar-refractivity contribution in [3.63, 3.8) is 0 Å². The Bertz CT molecular complexity index is 1800. The van der Waals surface area contributed by atoms with E-state index >= 15 is 0 Å². The van der Waals surface area contributed by atoms with Crippen molar-refractivity contribution in [3.8, 4) is 11.5 Å². The summed E-state index contributed by atoms with van der Waals surface area (Å²) >= 11 is 0. The molecule has 0 saturated carbocycles. The normalized spacial score (nSPS) is 16.4. The van der Waals surface area contributed by atoms with Crippen LogP contribution in [0.2, 0.25) is 0 Å². The number of likely N-dealkylation sites (tertiary alicyclic amines) is 1. The van der Waals surface area contributed by atoms with Gasteiger partial charge in [0.05, 0.1) is 24.2 Å². The fraction of sp³-hybridized carbons (Fsp3) is 0.385. The van der Waals surface area contributed by atoms with Crippen molar-refractivity contribution in [2.24, 2.45) is 0 Å². The third kappa shape index (κ3) is 7.38. The summed E-state index contributed by atoms with van der Waals surface area (Å²) in [5, 5.41) is 9.92. The zero-order chi connectivity index (χ0) is 32.0. The lowest BCUT2D eigenvalue weighted by Gasteiger charge is -2.35.